The molecule has 0 aliphatic heterocycles. The summed E-state index contributed by atoms with van der Waals surface area (Å²) in [5.74, 6) is -0.578. The Kier molecular flexibility index (Phi) is 4.11. The maximum Gasteiger partial charge on any atom is 0.230 e. The highest BCUT2D eigenvalue weighted by Crippen LogP contribution is 2.19. The molecule has 1 aromatic carbocycles. The number of nitrogens with one attached hydrogen (secondary N) is 2. The van der Waals surface area contributed by atoms with Crippen LogP contribution in [0.1, 0.15) is 5.56 Å². The predicted octanol–water partition coefficient (Wildman–Crippen LogP) is 2.46. The first kappa shape index (κ1) is 13.5. The number of carbonyl (C=O) groups is 1. The Morgan fingerprint density at radius 1 is 1.37 bits per heavy atom. The van der Waals surface area contributed by atoms with Crippen LogP contribution in [0.5, 0.6) is 0 Å². The van der Waals surface area contributed by atoms with Crippen LogP contribution in [0, 0.1) is 5.82 Å². The van der Waals surface area contributed by atoms with Crippen LogP contribution in [0.25, 0.3) is 0 Å². The Hall–Kier alpha value is -1.95. The highest BCUT2D eigenvalue weighted by atomic mass is 79.9. The van der Waals surface area contributed by atoms with Crippen molar-refractivity contribution in [3.8, 4) is 0 Å². The van der Waals surface area contributed by atoms with Gasteiger partial charge >= 0.3 is 0 Å². The van der Waals surface area contributed by atoms with E-state index in [0.717, 1.165) is 0 Å². The highest BCUT2D eigenvalue weighted by Gasteiger charge is 2.10. The minimum absolute atomic E-state index is 0.109. The molecule has 0 aliphatic carbocycles. The lowest BCUT2D eigenvalue weighted by molar-refractivity contribution is -0.115. The largest absolute Gasteiger partial charge is 0.348 e. The summed E-state index contributed by atoms with van der Waals surface area (Å²) in [5, 5.41) is 2.50. The molecular formula is C13H10BrFN2O2. The van der Waals surface area contributed by atoms with E-state index in [9.17, 15) is 14.0 Å². The fourth-order valence-corrected chi connectivity index (χ4v) is 1.98. The summed E-state index contributed by atoms with van der Waals surface area (Å²) in [4.78, 5) is 25.5. The summed E-state index contributed by atoms with van der Waals surface area (Å²) >= 11 is 3.06. The van der Waals surface area contributed by atoms with Crippen molar-refractivity contribution in [1.29, 1.82) is 0 Å². The van der Waals surface area contributed by atoms with Crippen LogP contribution in [0.3, 0.4) is 0 Å². The molecule has 98 valence electrons. The number of hydrogen-bond donors (Lipinski definition) is 2. The summed E-state index contributed by atoms with van der Waals surface area (Å²) in [7, 11) is 0. The average Bonchev–Trinajstić information content (AvgIpc) is 2.35. The van der Waals surface area contributed by atoms with Gasteiger partial charge in [0.25, 0.3) is 0 Å². The number of anilines is 1. The molecule has 0 aliphatic rings. The van der Waals surface area contributed by atoms with Gasteiger partial charge in [0, 0.05) is 18.3 Å². The van der Waals surface area contributed by atoms with Gasteiger partial charge < -0.3 is 10.3 Å². The second-order valence-corrected chi connectivity index (χ2v) is 4.73. The third kappa shape index (κ3) is 3.51. The van der Waals surface area contributed by atoms with Gasteiger partial charge in [0.05, 0.1) is 10.9 Å². The van der Waals surface area contributed by atoms with Crippen molar-refractivity contribution < 1.29 is 9.18 Å². The number of pyridine rings is 1. The Morgan fingerprint density at radius 3 is 2.89 bits per heavy atom. The van der Waals surface area contributed by atoms with Crippen molar-refractivity contribution in [1.82, 2.24) is 4.98 Å². The lowest BCUT2D eigenvalue weighted by atomic mass is 10.1. The van der Waals surface area contributed by atoms with Gasteiger partial charge in [0.1, 0.15) is 11.6 Å². The predicted molar refractivity (Wildman–Crippen MR) is 73.5 cm³/mol. The molecule has 0 radical (unpaired) electrons. The maximum absolute atomic E-state index is 13.7. The molecule has 0 atom stereocenters. The zero-order chi connectivity index (χ0) is 13.8. The fraction of sp³-hybridized carbons (Fsp3) is 0.0769. The Balaban J connectivity index is 2.10. The van der Waals surface area contributed by atoms with Gasteiger partial charge in [-0.15, -0.1) is 0 Å². The molecule has 1 aromatic heterocycles. The number of aromatic amines is 1. The maximum atomic E-state index is 13.7. The zero-order valence-corrected chi connectivity index (χ0v) is 11.3. The minimum atomic E-state index is -0.459. The molecule has 2 N–H and O–H groups in total. The summed E-state index contributed by atoms with van der Waals surface area (Å²) in [6.45, 7) is 0. The van der Waals surface area contributed by atoms with Gasteiger partial charge in [0.15, 0.2) is 5.43 Å². The summed E-state index contributed by atoms with van der Waals surface area (Å²) in [6, 6.07) is 7.35. The smallest absolute Gasteiger partial charge is 0.230 e. The molecule has 0 bridgehead atoms. The van der Waals surface area contributed by atoms with Crippen LogP contribution in [-0.2, 0) is 11.2 Å². The van der Waals surface area contributed by atoms with E-state index in [0.29, 0.717) is 4.47 Å². The summed E-state index contributed by atoms with van der Waals surface area (Å²) in [5.41, 5.74) is 0.0628. The first-order valence-electron chi connectivity index (χ1n) is 5.48. The van der Waals surface area contributed by atoms with E-state index in [4.69, 9.17) is 0 Å². The number of hydrogen-bond acceptors (Lipinski definition) is 2. The van der Waals surface area contributed by atoms with E-state index >= 15 is 0 Å². The van der Waals surface area contributed by atoms with Crippen LogP contribution in [0.2, 0.25) is 0 Å². The number of benzene rings is 1. The van der Waals surface area contributed by atoms with Gasteiger partial charge in [-0.3, -0.25) is 9.59 Å². The average molecular weight is 325 g/mol. The van der Waals surface area contributed by atoms with Crippen LogP contribution < -0.4 is 10.7 Å². The van der Waals surface area contributed by atoms with Crippen molar-refractivity contribution in [3.63, 3.8) is 0 Å². The number of amides is 1. The van der Waals surface area contributed by atoms with Gasteiger partial charge in [-0.1, -0.05) is 12.1 Å². The van der Waals surface area contributed by atoms with Crippen molar-refractivity contribution in [2.75, 3.05) is 5.32 Å². The quantitative estimate of drug-likeness (QED) is 0.911. The highest BCUT2D eigenvalue weighted by molar-refractivity contribution is 9.10. The Bertz CT molecular complexity index is 670. The first-order chi connectivity index (χ1) is 9.06. The van der Waals surface area contributed by atoms with Crippen LogP contribution in [0.4, 0.5) is 10.2 Å². The normalized spacial score (nSPS) is 10.2. The summed E-state index contributed by atoms with van der Waals surface area (Å²) < 4.78 is 14.0. The lowest BCUT2D eigenvalue weighted by Gasteiger charge is -2.06. The fourth-order valence-electron chi connectivity index (χ4n) is 1.57. The number of H-pyrrole nitrogens is 1. The van der Waals surface area contributed by atoms with E-state index < -0.39 is 11.7 Å². The van der Waals surface area contributed by atoms with Crippen LogP contribution in [0.15, 0.2) is 45.8 Å². The molecule has 0 spiro atoms. The second-order valence-electron chi connectivity index (χ2n) is 3.88. The molecule has 0 saturated heterocycles. The third-order valence-corrected chi connectivity index (χ3v) is 3.04. The summed E-state index contributed by atoms with van der Waals surface area (Å²) in [6.07, 6.45) is 1.32. The molecule has 0 fully saturated rings. The van der Waals surface area contributed by atoms with E-state index in [1.165, 1.54) is 24.4 Å². The SMILES string of the molecule is O=C(Cc1cccc(Br)c1F)Nc1cc(=O)cc[nH]1. The molecule has 6 heteroatoms. The number of rotatable bonds is 3. The second kappa shape index (κ2) is 5.79. The van der Waals surface area contributed by atoms with Crippen molar-refractivity contribution in [2.45, 2.75) is 6.42 Å². The van der Waals surface area contributed by atoms with Crippen LogP contribution in [-0.4, -0.2) is 10.9 Å². The molecule has 2 aromatic rings. The van der Waals surface area contributed by atoms with E-state index in [2.05, 4.69) is 26.2 Å². The lowest BCUT2D eigenvalue weighted by Crippen LogP contribution is -2.17. The van der Waals surface area contributed by atoms with Gasteiger partial charge in [-0.2, -0.15) is 0 Å². The topological polar surface area (TPSA) is 62.0 Å². The first-order valence-corrected chi connectivity index (χ1v) is 6.27. The third-order valence-electron chi connectivity index (χ3n) is 2.43. The molecule has 2 rings (SSSR count). The van der Waals surface area contributed by atoms with Crippen LogP contribution >= 0.6 is 15.9 Å². The molecule has 1 heterocycles. The molecule has 0 unspecified atom stereocenters. The van der Waals surface area contributed by atoms with Crippen molar-refractivity contribution in [3.05, 3.63) is 62.6 Å². The zero-order valence-electron chi connectivity index (χ0n) is 9.74. The molecule has 19 heavy (non-hydrogen) atoms. The van der Waals surface area contributed by atoms with Crippen molar-refractivity contribution in [2.24, 2.45) is 0 Å². The van der Waals surface area contributed by atoms with Gasteiger partial charge in [0.2, 0.25) is 5.91 Å². The monoisotopic (exact) mass is 324 g/mol. The molecule has 4 nitrogen and oxygen atoms in total. The van der Waals surface area contributed by atoms with E-state index in [1.807, 2.05) is 0 Å². The molecular weight excluding hydrogens is 315 g/mol. The van der Waals surface area contributed by atoms with E-state index in [1.54, 1.807) is 12.1 Å². The van der Waals surface area contributed by atoms with E-state index in [-0.39, 0.29) is 23.2 Å². The number of carbonyl (C=O) groups excluding carboxylic acids is 1. The standard InChI is InChI=1S/C13H10BrFN2O2/c14-10-3-1-2-8(13(10)15)6-12(19)17-11-7-9(18)4-5-16-11/h1-5,7H,6H2,(H2,16,17,18,19). The Labute approximate surface area is 116 Å². The minimum Gasteiger partial charge on any atom is -0.348 e. The van der Waals surface area contributed by atoms with Crippen molar-refractivity contribution >= 4 is 27.7 Å². The number of halogens is 2. The van der Waals surface area contributed by atoms with Gasteiger partial charge in [-0.05, 0) is 27.6 Å². The van der Waals surface area contributed by atoms with Gasteiger partial charge in [-0.25, -0.2) is 4.39 Å². The Morgan fingerprint density at radius 2 is 2.16 bits per heavy atom. The number of aromatic nitrogens is 1. The molecule has 0 saturated carbocycles. The molecule has 1 amide bonds.